The third-order valence-corrected chi connectivity index (χ3v) is 8.67. The Hall–Kier alpha value is -5.23. The average Bonchev–Trinajstić information content (AvgIpc) is 3.76. The van der Waals surface area contributed by atoms with Crippen molar-refractivity contribution >= 4 is 54.3 Å². The predicted octanol–water partition coefficient (Wildman–Crippen LogP) is 6.11. The third-order valence-electron chi connectivity index (χ3n) is 7.82. The standard InChI is InChI=1S/C32H18N8O3S.Zn/c41-44(42,43)16-13-14-23-24(15-16)32-39-30-22-12-6-5-11-21(22)28(37-30)35-26-18-8-2-1-7-17(18)25(33-26)34-27-19-9-3-4-10-20(19)29(36-27)38-31(23)40-32;/h1-15H,(H,41,42,43)(H2,33,34,35,36,37,38,39,40);. The molecule has 9 rings (SSSR count). The fourth-order valence-corrected chi connectivity index (χ4v) is 6.29. The molecule has 4 aromatic carbocycles. The Labute approximate surface area is 267 Å². The van der Waals surface area contributed by atoms with E-state index in [4.69, 9.17) is 29.9 Å². The van der Waals surface area contributed by atoms with Gasteiger partial charge in [0.25, 0.3) is 10.1 Å². The van der Waals surface area contributed by atoms with Crippen LogP contribution in [0.3, 0.4) is 0 Å². The Bertz CT molecular complexity index is 2660. The third kappa shape index (κ3) is 4.27. The molecule has 0 spiro atoms. The Kier molecular flexibility index (Phi) is 6.01. The van der Waals surface area contributed by atoms with Crippen LogP contribution in [0.1, 0.15) is 0 Å². The summed E-state index contributed by atoms with van der Waals surface area (Å²) in [6.45, 7) is 0. The van der Waals surface area contributed by atoms with Gasteiger partial charge in [-0.1, -0.05) is 72.8 Å². The number of aromatic nitrogens is 8. The zero-order valence-electron chi connectivity index (χ0n) is 23.2. The minimum Gasteiger partial charge on any atom is -0.324 e. The van der Waals surface area contributed by atoms with Crippen LogP contribution in [0.15, 0.2) is 95.9 Å². The zero-order chi connectivity index (χ0) is 29.6. The second-order valence-electron chi connectivity index (χ2n) is 10.4. The van der Waals surface area contributed by atoms with Crippen molar-refractivity contribution in [3.8, 4) is 45.6 Å². The van der Waals surface area contributed by atoms with Gasteiger partial charge in [0, 0.05) is 63.3 Å². The summed E-state index contributed by atoms with van der Waals surface area (Å²) >= 11 is 0. The molecule has 0 fully saturated rings. The number of H-pyrrole nitrogens is 2. The molecular weight excluding hydrogens is 642 g/mol. The summed E-state index contributed by atoms with van der Waals surface area (Å²) < 4.78 is 33.9. The molecule has 2 aliphatic heterocycles. The number of rotatable bonds is 1. The number of hydrogen-bond donors (Lipinski definition) is 3. The number of aromatic amines is 2. The van der Waals surface area contributed by atoms with Crippen molar-refractivity contribution in [2.24, 2.45) is 0 Å². The number of benzene rings is 4. The van der Waals surface area contributed by atoms with Crippen molar-refractivity contribution in [1.82, 2.24) is 39.9 Å². The molecule has 2 aliphatic rings. The minimum atomic E-state index is -4.48. The summed E-state index contributed by atoms with van der Waals surface area (Å²) in [5, 5.41) is 2.79. The number of nitrogens with one attached hydrogen (secondary N) is 2. The van der Waals surface area contributed by atoms with Crippen LogP contribution in [0.5, 0.6) is 0 Å². The fraction of sp³-hybridized carbons (Fsp3) is 0. The summed E-state index contributed by atoms with van der Waals surface area (Å²) in [6, 6.07) is 27.5. The van der Waals surface area contributed by atoms with Crippen LogP contribution in [0, 0.1) is 0 Å². The van der Waals surface area contributed by atoms with E-state index in [9.17, 15) is 13.0 Å². The molecule has 45 heavy (non-hydrogen) atoms. The van der Waals surface area contributed by atoms with Crippen LogP contribution >= 0.6 is 0 Å². The van der Waals surface area contributed by atoms with Crippen molar-refractivity contribution in [2.45, 2.75) is 4.90 Å². The molecule has 0 unspecified atom stereocenters. The van der Waals surface area contributed by atoms with Gasteiger partial charge in [0.2, 0.25) is 0 Å². The molecule has 0 aliphatic carbocycles. The molecule has 11 nitrogen and oxygen atoms in total. The van der Waals surface area contributed by atoms with Gasteiger partial charge in [0.1, 0.15) is 22.6 Å². The SMILES string of the molecule is O=S(=O)(O)c1ccc2c3nc4nc(nc5[nH]c(nc6nc(nc([nH]3)c2c1)-c1ccccc1-6)c1ccccc51)-c1ccccc1-4.[Zn]. The fourth-order valence-electron chi connectivity index (χ4n) is 5.78. The molecule has 8 bridgehead atoms. The van der Waals surface area contributed by atoms with Gasteiger partial charge in [-0.05, 0) is 18.2 Å². The average molecular weight is 660 g/mol. The molecule has 7 aromatic rings. The van der Waals surface area contributed by atoms with Gasteiger partial charge in [-0.2, -0.15) is 8.42 Å². The van der Waals surface area contributed by atoms with E-state index in [1.165, 1.54) is 12.1 Å². The van der Waals surface area contributed by atoms with E-state index in [-0.39, 0.29) is 24.4 Å². The van der Waals surface area contributed by atoms with Crippen LogP contribution < -0.4 is 0 Å². The normalized spacial score (nSPS) is 12.1. The van der Waals surface area contributed by atoms with Crippen LogP contribution in [0.2, 0.25) is 0 Å². The molecule has 3 N–H and O–H groups in total. The first-order valence-corrected chi connectivity index (χ1v) is 15.1. The second-order valence-corrected chi connectivity index (χ2v) is 11.9. The Morgan fingerprint density at radius 2 is 0.822 bits per heavy atom. The van der Waals surface area contributed by atoms with Crippen molar-refractivity contribution in [3.63, 3.8) is 0 Å². The predicted molar refractivity (Wildman–Crippen MR) is 166 cm³/mol. The molecular formula is C32H18N8O3SZn. The Morgan fingerprint density at radius 3 is 1.22 bits per heavy atom. The van der Waals surface area contributed by atoms with Crippen molar-refractivity contribution < 1.29 is 32.4 Å². The smallest absolute Gasteiger partial charge is 0.294 e. The first-order valence-electron chi connectivity index (χ1n) is 13.6. The monoisotopic (exact) mass is 658 g/mol. The summed E-state index contributed by atoms with van der Waals surface area (Å²) in [7, 11) is -4.48. The van der Waals surface area contributed by atoms with E-state index in [1.54, 1.807) is 6.07 Å². The summed E-state index contributed by atoms with van der Waals surface area (Å²) in [5.41, 5.74) is 5.09. The van der Waals surface area contributed by atoms with Crippen LogP contribution in [-0.4, -0.2) is 52.8 Å². The Balaban J connectivity index is 0.00000300. The van der Waals surface area contributed by atoms with Gasteiger partial charge in [-0.25, -0.2) is 29.9 Å². The van der Waals surface area contributed by atoms with Gasteiger partial charge in [0.05, 0.1) is 4.90 Å². The molecule has 13 heteroatoms. The number of fused-ring (bicyclic) bond motifs is 20. The van der Waals surface area contributed by atoms with E-state index in [0.717, 1.165) is 33.0 Å². The minimum absolute atomic E-state index is 0. The van der Waals surface area contributed by atoms with E-state index in [1.807, 2.05) is 72.8 Å². The molecule has 212 valence electrons. The quantitative estimate of drug-likeness (QED) is 0.139. The first kappa shape index (κ1) is 27.3. The molecule has 0 atom stereocenters. The van der Waals surface area contributed by atoms with Gasteiger partial charge in [0.15, 0.2) is 23.3 Å². The van der Waals surface area contributed by atoms with Crippen LogP contribution in [0.4, 0.5) is 0 Å². The summed E-state index contributed by atoms with van der Waals surface area (Å²) in [6.07, 6.45) is 0. The number of nitrogens with zero attached hydrogens (tertiary/aromatic N) is 6. The van der Waals surface area contributed by atoms with Crippen molar-refractivity contribution in [1.29, 1.82) is 0 Å². The second kappa shape index (κ2) is 9.89. The number of hydrogen-bond acceptors (Lipinski definition) is 8. The van der Waals surface area contributed by atoms with E-state index < -0.39 is 10.1 Å². The molecule has 0 saturated carbocycles. The van der Waals surface area contributed by atoms with Crippen LogP contribution in [-0.2, 0) is 29.6 Å². The zero-order valence-corrected chi connectivity index (χ0v) is 27.0. The van der Waals surface area contributed by atoms with E-state index >= 15 is 0 Å². The maximum Gasteiger partial charge on any atom is 0.294 e. The van der Waals surface area contributed by atoms with Gasteiger partial charge >= 0.3 is 0 Å². The van der Waals surface area contributed by atoms with E-state index in [2.05, 4.69) is 9.97 Å². The largest absolute Gasteiger partial charge is 0.324 e. The summed E-state index contributed by atoms with van der Waals surface area (Å²) in [4.78, 5) is 35.7. The van der Waals surface area contributed by atoms with E-state index in [0.29, 0.717) is 56.7 Å². The Morgan fingerprint density at radius 1 is 0.467 bits per heavy atom. The molecule has 5 heterocycles. The van der Waals surface area contributed by atoms with Crippen molar-refractivity contribution in [3.05, 3.63) is 91.0 Å². The van der Waals surface area contributed by atoms with Gasteiger partial charge in [-0.3, -0.25) is 4.55 Å². The van der Waals surface area contributed by atoms with Gasteiger partial charge < -0.3 is 9.97 Å². The topological polar surface area (TPSA) is 163 Å². The summed E-state index contributed by atoms with van der Waals surface area (Å²) in [5.74, 6) is 1.76. The first-order chi connectivity index (χ1) is 21.4. The maximum absolute atomic E-state index is 12.1. The molecule has 0 radical (unpaired) electrons. The molecule has 0 saturated heterocycles. The molecule has 0 amide bonds. The molecule has 3 aromatic heterocycles. The maximum atomic E-state index is 12.1. The van der Waals surface area contributed by atoms with Gasteiger partial charge in [-0.15, -0.1) is 0 Å². The van der Waals surface area contributed by atoms with Crippen molar-refractivity contribution in [2.75, 3.05) is 0 Å². The van der Waals surface area contributed by atoms with Crippen LogP contribution in [0.25, 0.3) is 89.7 Å².